The first-order chi connectivity index (χ1) is 12.2. The topological polar surface area (TPSA) is 46.1 Å². The van der Waals surface area contributed by atoms with E-state index in [2.05, 4.69) is 35.9 Å². The summed E-state index contributed by atoms with van der Waals surface area (Å²) in [6, 6.07) is 12.1. The number of carbonyl (C=O) groups is 1. The molecule has 136 valence electrons. The van der Waals surface area contributed by atoms with Gasteiger partial charge in [-0.2, -0.15) is 10.2 Å². The van der Waals surface area contributed by atoms with E-state index in [9.17, 15) is 4.79 Å². The van der Waals surface area contributed by atoms with Crippen molar-refractivity contribution < 1.29 is 4.79 Å². The summed E-state index contributed by atoms with van der Waals surface area (Å²) in [7, 11) is 0. The van der Waals surface area contributed by atoms with Gasteiger partial charge in [0.25, 0.3) is 5.91 Å². The molecule has 2 fully saturated rings. The molecule has 1 aliphatic carbocycles. The van der Waals surface area contributed by atoms with Gasteiger partial charge in [0.1, 0.15) is 0 Å². The smallest absolute Gasteiger partial charge is 0.254 e. The van der Waals surface area contributed by atoms with E-state index in [0.29, 0.717) is 11.5 Å². The summed E-state index contributed by atoms with van der Waals surface area (Å²) in [5.41, 5.74) is 3.95. The van der Waals surface area contributed by atoms with Gasteiger partial charge in [-0.15, -0.1) is 0 Å². The summed E-state index contributed by atoms with van der Waals surface area (Å²) in [5, 5.41) is 8.39. The highest BCUT2D eigenvalue weighted by molar-refractivity contribution is 5.95. The monoisotopic (exact) mass is 349 g/mol. The SMILES string of the molecule is Cc1ccc(-c2cccc(C(=O)N3C[C@]4(C)C[C@H]3CC(C)(C)C4)c2)nn1. The zero-order valence-electron chi connectivity index (χ0n) is 16.1. The molecule has 0 spiro atoms. The number of amides is 1. The summed E-state index contributed by atoms with van der Waals surface area (Å²) < 4.78 is 0. The van der Waals surface area contributed by atoms with Gasteiger partial charge in [-0.05, 0) is 61.3 Å². The Kier molecular flexibility index (Phi) is 3.90. The molecule has 0 radical (unpaired) electrons. The maximum atomic E-state index is 13.3. The van der Waals surface area contributed by atoms with Gasteiger partial charge in [0.05, 0.1) is 11.4 Å². The van der Waals surface area contributed by atoms with Gasteiger partial charge in [-0.25, -0.2) is 0 Å². The lowest BCUT2D eigenvalue weighted by Gasteiger charge is -2.39. The van der Waals surface area contributed by atoms with Crippen LogP contribution in [0.4, 0.5) is 0 Å². The standard InChI is InChI=1S/C22H27N3O/c1-15-8-9-19(24-23-15)16-6-5-7-17(10-16)20(26)25-14-22(4)12-18(25)11-21(2,3)13-22/h5-10,18H,11-14H2,1-4H3/t18-,22-/m1/s1. The van der Waals surface area contributed by atoms with Crippen LogP contribution in [0.5, 0.6) is 0 Å². The van der Waals surface area contributed by atoms with Crippen molar-refractivity contribution in [3.05, 3.63) is 47.7 Å². The zero-order valence-corrected chi connectivity index (χ0v) is 16.1. The molecule has 1 amide bonds. The number of nitrogens with zero attached hydrogens (tertiary/aromatic N) is 3. The van der Waals surface area contributed by atoms with E-state index in [4.69, 9.17) is 0 Å². The van der Waals surface area contributed by atoms with Gasteiger partial charge in [-0.1, -0.05) is 32.9 Å². The van der Waals surface area contributed by atoms with E-state index in [1.807, 2.05) is 43.3 Å². The molecule has 4 heteroatoms. The van der Waals surface area contributed by atoms with Crippen LogP contribution in [0.25, 0.3) is 11.3 Å². The summed E-state index contributed by atoms with van der Waals surface area (Å²) in [6.45, 7) is 9.80. The Hall–Kier alpha value is -2.23. The zero-order chi connectivity index (χ0) is 18.5. The number of rotatable bonds is 2. The Morgan fingerprint density at radius 2 is 1.92 bits per heavy atom. The summed E-state index contributed by atoms with van der Waals surface area (Å²) >= 11 is 0. The first-order valence-corrected chi connectivity index (χ1v) is 9.47. The fraction of sp³-hybridized carbons (Fsp3) is 0.500. The minimum absolute atomic E-state index is 0.151. The van der Waals surface area contributed by atoms with Gasteiger partial charge < -0.3 is 4.90 Å². The second kappa shape index (κ2) is 5.90. The third-order valence-corrected chi connectivity index (χ3v) is 5.88. The largest absolute Gasteiger partial charge is 0.335 e. The summed E-state index contributed by atoms with van der Waals surface area (Å²) in [5.74, 6) is 0.151. The van der Waals surface area contributed by atoms with Crippen LogP contribution < -0.4 is 0 Å². The van der Waals surface area contributed by atoms with Crippen LogP contribution in [-0.4, -0.2) is 33.6 Å². The highest BCUT2D eigenvalue weighted by Crippen LogP contribution is 2.52. The number of carbonyl (C=O) groups excluding carboxylic acids is 1. The molecule has 1 aliphatic heterocycles. The van der Waals surface area contributed by atoms with Crippen LogP contribution in [0.1, 0.15) is 56.1 Å². The number of aromatic nitrogens is 2. The van der Waals surface area contributed by atoms with Crippen molar-refractivity contribution in [2.24, 2.45) is 10.8 Å². The molecule has 1 saturated carbocycles. The predicted molar refractivity (Wildman–Crippen MR) is 103 cm³/mol. The molecule has 1 saturated heterocycles. The Morgan fingerprint density at radius 3 is 2.65 bits per heavy atom. The number of hydrogen-bond acceptors (Lipinski definition) is 3. The van der Waals surface area contributed by atoms with Gasteiger partial charge in [0, 0.05) is 23.7 Å². The highest BCUT2D eigenvalue weighted by atomic mass is 16.2. The third-order valence-electron chi connectivity index (χ3n) is 5.88. The third kappa shape index (κ3) is 3.13. The van der Waals surface area contributed by atoms with E-state index >= 15 is 0 Å². The normalized spacial score (nSPS) is 26.8. The molecule has 2 aromatic rings. The predicted octanol–water partition coefficient (Wildman–Crippen LogP) is 4.49. The van der Waals surface area contributed by atoms with Crippen molar-refractivity contribution in [1.29, 1.82) is 0 Å². The molecule has 2 heterocycles. The molecule has 4 rings (SSSR count). The number of likely N-dealkylation sites (tertiary alicyclic amines) is 1. The lowest BCUT2D eigenvalue weighted by molar-refractivity contribution is 0.0708. The van der Waals surface area contributed by atoms with Gasteiger partial charge in [-0.3, -0.25) is 4.79 Å². The summed E-state index contributed by atoms with van der Waals surface area (Å²) in [4.78, 5) is 15.4. The molecule has 0 N–H and O–H groups in total. The molecular weight excluding hydrogens is 322 g/mol. The van der Waals surface area contributed by atoms with Crippen molar-refractivity contribution in [1.82, 2.24) is 15.1 Å². The quantitative estimate of drug-likeness (QED) is 0.802. The highest BCUT2D eigenvalue weighted by Gasteiger charge is 2.51. The molecule has 4 nitrogen and oxygen atoms in total. The number of aryl methyl sites for hydroxylation is 1. The summed E-state index contributed by atoms with van der Waals surface area (Å²) in [6.07, 6.45) is 3.42. The lowest BCUT2D eigenvalue weighted by Crippen LogP contribution is -2.37. The van der Waals surface area contributed by atoms with Gasteiger partial charge >= 0.3 is 0 Å². The number of benzene rings is 1. The fourth-order valence-electron chi connectivity index (χ4n) is 5.23. The van der Waals surface area contributed by atoms with Crippen LogP contribution in [0.2, 0.25) is 0 Å². The van der Waals surface area contributed by atoms with Gasteiger partial charge in [0.15, 0.2) is 0 Å². The van der Waals surface area contributed by atoms with Crippen molar-refractivity contribution in [2.45, 2.75) is 53.0 Å². The minimum Gasteiger partial charge on any atom is -0.335 e. The van der Waals surface area contributed by atoms with Gasteiger partial charge in [0.2, 0.25) is 0 Å². The molecule has 26 heavy (non-hydrogen) atoms. The molecule has 2 aliphatic rings. The number of fused-ring (bicyclic) bond motifs is 2. The first-order valence-electron chi connectivity index (χ1n) is 9.47. The van der Waals surface area contributed by atoms with E-state index in [1.54, 1.807) is 0 Å². The van der Waals surface area contributed by atoms with Crippen LogP contribution in [-0.2, 0) is 0 Å². The average Bonchev–Trinajstić information content (AvgIpc) is 2.84. The van der Waals surface area contributed by atoms with Crippen molar-refractivity contribution >= 4 is 5.91 Å². The van der Waals surface area contributed by atoms with Crippen LogP contribution in [0, 0.1) is 17.8 Å². The first kappa shape index (κ1) is 17.2. The van der Waals surface area contributed by atoms with E-state index in [1.165, 1.54) is 6.42 Å². The average molecular weight is 349 g/mol. The Morgan fingerprint density at radius 1 is 1.12 bits per heavy atom. The Labute approximate surface area is 155 Å². The van der Waals surface area contributed by atoms with E-state index < -0.39 is 0 Å². The fourth-order valence-corrected chi connectivity index (χ4v) is 5.23. The van der Waals surface area contributed by atoms with E-state index in [-0.39, 0.29) is 11.3 Å². The van der Waals surface area contributed by atoms with E-state index in [0.717, 1.165) is 41.9 Å². The lowest BCUT2D eigenvalue weighted by atomic mass is 9.65. The second-order valence-corrected chi connectivity index (χ2v) is 9.29. The van der Waals surface area contributed by atoms with Crippen LogP contribution >= 0.6 is 0 Å². The van der Waals surface area contributed by atoms with Crippen molar-refractivity contribution in [3.8, 4) is 11.3 Å². The van der Waals surface area contributed by atoms with Crippen molar-refractivity contribution in [3.63, 3.8) is 0 Å². The van der Waals surface area contributed by atoms with Crippen molar-refractivity contribution in [2.75, 3.05) is 6.54 Å². The minimum atomic E-state index is 0.151. The number of hydrogen-bond donors (Lipinski definition) is 0. The molecule has 1 aromatic heterocycles. The molecule has 0 unspecified atom stereocenters. The molecule has 2 atom stereocenters. The second-order valence-electron chi connectivity index (χ2n) is 9.29. The van der Waals surface area contributed by atoms with Crippen LogP contribution in [0.15, 0.2) is 36.4 Å². The maximum absolute atomic E-state index is 13.3. The molecule has 2 bridgehead atoms. The molecule has 1 aromatic carbocycles. The molecular formula is C22H27N3O. The Bertz CT molecular complexity index is 843. The maximum Gasteiger partial charge on any atom is 0.254 e. The Balaban J connectivity index is 1.61. The van der Waals surface area contributed by atoms with Crippen LogP contribution in [0.3, 0.4) is 0 Å².